The molecule has 2 rings (SSSR count). The zero-order valence-corrected chi connectivity index (χ0v) is 14.7. The summed E-state index contributed by atoms with van der Waals surface area (Å²) in [6.07, 6.45) is 5.10. The Kier molecular flexibility index (Phi) is 6.34. The third kappa shape index (κ3) is 4.45. The zero-order chi connectivity index (χ0) is 14.5. The molecule has 1 saturated carbocycles. The van der Waals surface area contributed by atoms with Gasteiger partial charge in [0, 0.05) is 28.1 Å². The first-order valence-corrected chi connectivity index (χ1v) is 8.69. The number of halogens is 2. The number of hydrogen-bond acceptors (Lipinski definition) is 2. The van der Waals surface area contributed by atoms with Crippen molar-refractivity contribution in [3.63, 3.8) is 0 Å². The molecule has 0 radical (unpaired) electrons. The van der Waals surface area contributed by atoms with Crippen molar-refractivity contribution in [2.75, 3.05) is 20.1 Å². The van der Waals surface area contributed by atoms with Gasteiger partial charge < -0.3 is 10.2 Å². The lowest BCUT2D eigenvalue weighted by Gasteiger charge is -2.25. The van der Waals surface area contributed by atoms with Crippen molar-refractivity contribution in [2.24, 2.45) is 0 Å². The van der Waals surface area contributed by atoms with Crippen LogP contribution < -0.4 is 5.32 Å². The Morgan fingerprint density at radius 2 is 2.15 bits per heavy atom. The number of nitrogens with zero attached hydrogens (tertiary/aromatic N) is 1. The van der Waals surface area contributed by atoms with Crippen molar-refractivity contribution in [3.05, 3.63) is 33.3 Å². The van der Waals surface area contributed by atoms with E-state index in [1.807, 2.05) is 13.1 Å². The second-order valence-electron chi connectivity index (χ2n) is 5.56. The second kappa shape index (κ2) is 7.79. The van der Waals surface area contributed by atoms with E-state index in [1.54, 1.807) is 0 Å². The molecule has 0 heterocycles. The molecule has 2 nitrogen and oxygen atoms in total. The van der Waals surface area contributed by atoms with E-state index in [-0.39, 0.29) is 0 Å². The lowest BCUT2D eigenvalue weighted by molar-refractivity contribution is 0.249. The van der Waals surface area contributed by atoms with Gasteiger partial charge in [-0.15, -0.1) is 0 Å². The molecule has 1 aromatic carbocycles. The highest BCUT2D eigenvalue weighted by molar-refractivity contribution is 9.10. The van der Waals surface area contributed by atoms with Gasteiger partial charge in [-0.1, -0.05) is 40.5 Å². The second-order valence-corrected chi connectivity index (χ2v) is 6.89. The Hall–Kier alpha value is -0.0900. The van der Waals surface area contributed by atoms with E-state index in [2.05, 4.69) is 45.2 Å². The number of rotatable bonds is 8. The standard InChI is InChI=1S/C16H24BrClN2/c1-3-9-20(13-5-6-13)10-8-16(19-2)14-7-4-12(17)11-15(14)18/h4,7,11,13,16,19H,3,5-6,8-10H2,1-2H3. The molecule has 0 spiro atoms. The average Bonchev–Trinajstić information content (AvgIpc) is 3.24. The van der Waals surface area contributed by atoms with Crippen LogP contribution in [0.2, 0.25) is 5.02 Å². The van der Waals surface area contributed by atoms with Crippen molar-refractivity contribution < 1.29 is 0 Å². The largest absolute Gasteiger partial charge is 0.313 e. The molecule has 20 heavy (non-hydrogen) atoms. The smallest absolute Gasteiger partial charge is 0.0465 e. The topological polar surface area (TPSA) is 15.3 Å². The van der Waals surface area contributed by atoms with Crippen LogP contribution in [-0.4, -0.2) is 31.1 Å². The fourth-order valence-corrected chi connectivity index (χ4v) is 3.54. The third-order valence-corrected chi connectivity index (χ3v) is 4.79. The molecule has 1 unspecified atom stereocenters. The molecule has 0 aromatic heterocycles. The van der Waals surface area contributed by atoms with Crippen LogP contribution in [-0.2, 0) is 0 Å². The average molecular weight is 360 g/mol. The van der Waals surface area contributed by atoms with Crippen LogP contribution in [0.25, 0.3) is 0 Å². The van der Waals surface area contributed by atoms with E-state index in [0.29, 0.717) is 6.04 Å². The monoisotopic (exact) mass is 358 g/mol. The molecule has 4 heteroatoms. The highest BCUT2D eigenvalue weighted by Gasteiger charge is 2.28. The Morgan fingerprint density at radius 3 is 2.70 bits per heavy atom. The maximum absolute atomic E-state index is 6.37. The lowest BCUT2D eigenvalue weighted by Crippen LogP contribution is -2.31. The van der Waals surface area contributed by atoms with Crippen LogP contribution in [0.5, 0.6) is 0 Å². The van der Waals surface area contributed by atoms with Gasteiger partial charge in [0.25, 0.3) is 0 Å². The molecule has 0 aliphatic heterocycles. The SMILES string of the molecule is CCCN(CCC(NC)c1ccc(Br)cc1Cl)C1CC1. The van der Waals surface area contributed by atoms with E-state index >= 15 is 0 Å². The van der Waals surface area contributed by atoms with Gasteiger partial charge in [-0.3, -0.25) is 0 Å². The quantitative estimate of drug-likeness (QED) is 0.728. The van der Waals surface area contributed by atoms with Crippen molar-refractivity contribution in [1.29, 1.82) is 0 Å². The maximum Gasteiger partial charge on any atom is 0.0465 e. The predicted octanol–water partition coefficient (Wildman–Crippen LogP) is 4.63. The van der Waals surface area contributed by atoms with Gasteiger partial charge in [-0.25, -0.2) is 0 Å². The summed E-state index contributed by atoms with van der Waals surface area (Å²) in [5.41, 5.74) is 1.20. The Morgan fingerprint density at radius 1 is 1.40 bits per heavy atom. The Balaban J connectivity index is 1.97. The summed E-state index contributed by atoms with van der Waals surface area (Å²) in [5.74, 6) is 0. The normalized spacial score (nSPS) is 16.6. The highest BCUT2D eigenvalue weighted by Crippen LogP contribution is 2.31. The Bertz CT molecular complexity index is 434. The van der Waals surface area contributed by atoms with Gasteiger partial charge >= 0.3 is 0 Å². The van der Waals surface area contributed by atoms with Crippen LogP contribution in [0.15, 0.2) is 22.7 Å². The third-order valence-electron chi connectivity index (χ3n) is 3.97. The number of benzene rings is 1. The van der Waals surface area contributed by atoms with E-state index in [1.165, 1.54) is 31.4 Å². The van der Waals surface area contributed by atoms with E-state index in [9.17, 15) is 0 Å². The van der Waals surface area contributed by atoms with Gasteiger partial charge in [-0.05, 0) is 57.0 Å². The van der Waals surface area contributed by atoms with Crippen molar-refractivity contribution in [2.45, 2.75) is 44.7 Å². The summed E-state index contributed by atoms with van der Waals surface area (Å²) in [4.78, 5) is 2.64. The van der Waals surface area contributed by atoms with Crippen molar-refractivity contribution in [3.8, 4) is 0 Å². The van der Waals surface area contributed by atoms with Gasteiger partial charge in [0.15, 0.2) is 0 Å². The molecule has 0 bridgehead atoms. The fourth-order valence-electron chi connectivity index (χ4n) is 2.74. The molecule has 1 aliphatic carbocycles. The van der Waals surface area contributed by atoms with Crippen molar-refractivity contribution >= 4 is 27.5 Å². The summed E-state index contributed by atoms with van der Waals surface area (Å²) >= 11 is 9.84. The Labute approximate surface area is 136 Å². The molecule has 1 fully saturated rings. The minimum Gasteiger partial charge on any atom is -0.313 e. The van der Waals surface area contributed by atoms with Gasteiger partial charge in [0.05, 0.1) is 0 Å². The maximum atomic E-state index is 6.37. The van der Waals surface area contributed by atoms with E-state index < -0.39 is 0 Å². The van der Waals surface area contributed by atoms with Crippen molar-refractivity contribution in [1.82, 2.24) is 10.2 Å². The zero-order valence-electron chi connectivity index (χ0n) is 12.3. The van der Waals surface area contributed by atoms with Crippen LogP contribution >= 0.6 is 27.5 Å². The summed E-state index contributed by atoms with van der Waals surface area (Å²) in [6.45, 7) is 4.63. The summed E-state index contributed by atoms with van der Waals surface area (Å²) < 4.78 is 1.03. The van der Waals surface area contributed by atoms with Crippen LogP contribution in [0.4, 0.5) is 0 Å². The van der Waals surface area contributed by atoms with Gasteiger partial charge in [-0.2, -0.15) is 0 Å². The molecule has 1 aliphatic rings. The molecule has 0 amide bonds. The van der Waals surface area contributed by atoms with Crippen LogP contribution in [0, 0.1) is 0 Å². The summed E-state index contributed by atoms with van der Waals surface area (Å²) in [6, 6.07) is 7.33. The van der Waals surface area contributed by atoms with Crippen LogP contribution in [0.3, 0.4) is 0 Å². The minimum atomic E-state index is 0.328. The van der Waals surface area contributed by atoms with Crippen LogP contribution in [0.1, 0.15) is 44.2 Å². The van der Waals surface area contributed by atoms with Gasteiger partial charge in [0.2, 0.25) is 0 Å². The summed E-state index contributed by atoms with van der Waals surface area (Å²) in [7, 11) is 2.02. The first-order valence-electron chi connectivity index (χ1n) is 7.52. The predicted molar refractivity (Wildman–Crippen MR) is 90.5 cm³/mol. The molecular weight excluding hydrogens is 336 g/mol. The minimum absolute atomic E-state index is 0.328. The first kappa shape index (κ1) is 16.3. The number of hydrogen-bond donors (Lipinski definition) is 1. The fraction of sp³-hybridized carbons (Fsp3) is 0.625. The van der Waals surface area contributed by atoms with E-state index in [0.717, 1.165) is 28.5 Å². The first-order chi connectivity index (χ1) is 9.65. The molecule has 1 atom stereocenters. The van der Waals surface area contributed by atoms with Gasteiger partial charge in [0.1, 0.15) is 0 Å². The molecular formula is C16H24BrClN2. The number of nitrogens with one attached hydrogen (secondary N) is 1. The molecule has 1 aromatic rings. The van der Waals surface area contributed by atoms with E-state index in [4.69, 9.17) is 11.6 Å². The highest BCUT2D eigenvalue weighted by atomic mass is 79.9. The molecule has 112 valence electrons. The molecule has 1 N–H and O–H groups in total. The lowest BCUT2D eigenvalue weighted by atomic mass is 10.0. The molecule has 0 saturated heterocycles. The summed E-state index contributed by atoms with van der Waals surface area (Å²) in [5, 5.41) is 4.25.